The minimum Gasteiger partial charge on any atom is -0.444 e. The van der Waals surface area contributed by atoms with Gasteiger partial charge in [0.05, 0.1) is 0 Å². The monoisotopic (exact) mass is 216 g/mol. The minimum atomic E-state index is -0.411. The van der Waals surface area contributed by atoms with Gasteiger partial charge in [-0.25, -0.2) is 4.79 Å². The smallest absolute Gasteiger partial charge is 0.407 e. The summed E-state index contributed by atoms with van der Waals surface area (Å²) in [6, 6.07) is 0.221. The second-order valence-electron chi connectivity index (χ2n) is 4.69. The maximum Gasteiger partial charge on any atom is 0.407 e. The van der Waals surface area contributed by atoms with Crippen LogP contribution in [0.1, 0.15) is 41.0 Å². The molecule has 1 rings (SSSR count). The molecule has 4 heteroatoms. The Hall–Kier alpha value is -0.770. The molecule has 15 heavy (non-hydrogen) atoms. The van der Waals surface area contributed by atoms with E-state index in [-0.39, 0.29) is 19.6 Å². The van der Waals surface area contributed by atoms with E-state index in [0.29, 0.717) is 0 Å². The summed E-state index contributed by atoms with van der Waals surface area (Å²) in [6.45, 7) is 7.49. The van der Waals surface area contributed by atoms with Crippen LogP contribution < -0.4 is 10.6 Å². The van der Waals surface area contributed by atoms with Gasteiger partial charge in [-0.15, -0.1) is 0 Å². The maximum absolute atomic E-state index is 11.4. The highest BCUT2D eigenvalue weighted by molar-refractivity contribution is 5.68. The standard InChI is InChI=1S/C10H20N2O2.CH4/c1-10(2,3)14-9(13)12-8-5-4-6-11-7-8;/h8,11H,4-7H2,1-3H3,(H,12,13);1H4. The van der Waals surface area contributed by atoms with E-state index in [9.17, 15) is 4.79 Å². The van der Waals surface area contributed by atoms with Gasteiger partial charge in [0.25, 0.3) is 0 Å². The molecule has 0 bridgehead atoms. The topological polar surface area (TPSA) is 50.4 Å². The molecule has 4 nitrogen and oxygen atoms in total. The molecule has 1 aliphatic rings. The van der Waals surface area contributed by atoms with Crippen molar-refractivity contribution in [1.29, 1.82) is 0 Å². The fourth-order valence-corrected chi connectivity index (χ4v) is 1.45. The quantitative estimate of drug-likeness (QED) is 0.704. The van der Waals surface area contributed by atoms with Gasteiger partial charge in [-0.2, -0.15) is 0 Å². The zero-order valence-electron chi connectivity index (χ0n) is 9.22. The highest BCUT2D eigenvalue weighted by Gasteiger charge is 2.20. The molecule has 1 heterocycles. The van der Waals surface area contributed by atoms with Crippen LogP contribution in [0.3, 0.4) is 0 Å². The predicted molar refractivity (Wildman–Crippen MR) is 62.0 cm³/mol. The molecule has 0 aromatic heterocycles. The van der Waals surface area contributed by atoms with Crippen LogP contribution in [0.4, 0.5) is 4.79 Å². The number of carbonyl (C=O) groups is 1. The number of hydrogen-bond donors (Lipinski definition) is 2. The Kier molecular flexibility index (Phi) is 5.65. The molecular formula is C11H24N2O2. The zero-order valence-corrected chi connectivity index (χ0v) is 9.22. The van der Waals surface area contributed by atoms with Crippen LogP contribution in [-0.4, -0.2) is 30.8 Å². The molecule has 2 N–H and O–H groups in total. The number of carbonyl (C=O) groups excluding carboxylic acids is 1. The lowest BCUT2D eigenvalue weighted by atomic mass is 10.1. The molecule has 90 valence electrons. The van der Waals surface area contributed by atoms with Crippen molar-refractivity contribution in [2.45, 2.75) is 52.7 Å². The maximum atomic E-state index is 11.4. The van der Waals surface area contributed by atoms with Gasteiger partial charge in [0.1, 0.15) is 5.60 Å². The highest BCUT2D eigenvalue weighted by atomic mass is 16.6. The fraction of sp³-hybridized carbons (Fsp3) is 0.909. The van der Waals surface area contributed by atoms with E-state index in [2.05, 4.69) is 10.6 Å². The Morgan fingerprint density at radius 3 is 2.60 bits per heavy atom. The zero-order chi connectivity index (χ0) is 10.6. The Morgan fingerprint density at radius 2 is 2.13 bits per heavy atom. The van der Waals surface area contributed by atoms with Crippen LogP contribution >= 0.6 is 0 Å². The predicted octanol–water partition coefficient (Wildman–Crippen LogP) is 1.90. The molecule has 0 spiro atoms. The molecule has 0 radical (unpaired) electrons. The molecule has 1 amide bonds. The van der Waals surface area contributed by atoms with Gasteiger partial charge in [0.15, 0.2) is 0 Å². The number of hydrogen-bond acceptors (Lipinski definition) is 3. The number of nitrogens with one attached hydrogen (secondary N) is 2. The molecule has 1 atom stereocenters. The van der Waals surface area contributed by atoms with Crippen LogP contribution in [0.5, 0.6) is 0 Å². The summed E-state index contributed by atoms with van der Waals surface area (Å²) in [6.07, 6.45) is 1.83. The molecule has 0 aromatic rings. The third kappa shape index (κ3) is 6.33. The van der Waals surface area contributed by atoms with Gasteiger partial charge < -0.3 is 15.4 Å². The van der Waals surface area contributed by atoms with Crippen molar-refractivity contribution in [3.05, 3.63) is 0 Å². The molecule has 1 aliphatic heterocycles. The molecule has 0 saturated carbocycles. The van der Waals surface area contributed by atoms with Gasteiger partial charge in [0, 0.05) is 12.6 Å². The Morgan fingerprint density at radius 1 is 1.47 bits per heavy atom. The van der Waals surface area contributed by atoms with E-state index in [1.807, 2.05) is 20.8 Å². The van der Waals surface area contributed by atoms with Gasteiger partial charge in [-0.3, -0.25) is 0 Å². The Labute approximate surface area is 92.8 Å². The van der Waals surface area contributed by atoms with Crippen molar-refractivity contribution < 1.29 is 9.53 Å². The van der Waals surface area contributed by atoms with E-state index < -0.39 is 5.60 Å². The van der Waals surface area contributed by atoms with Crippen LogP contribution in [0.25, 0.3) is 0 Å². The number of amides is 1. The fourth-order valence-electron chi connectivity index (χ4n) is 1.45. The lowest BCUT2D eigenvalue weighted by Crippen LogP contribution is -2.47. The first-order valence-electron chi connectivity index (χ1n) is 5.17. The van der Waals surface area contributed by atoms with E-state index in [4.69, 9.17) is 4.74 Å². The normalized spacial score (nSPS) is 21.4. The van der Waals surface area contributed by atoms with E-state index in [0.717, 1.165) is 25.9 Å². The first-order chi connectivity index (χ1) is 6.47. The first-order valence-corrected chi connectivity index (χ1v) is 5.17. The van der Waals surface area contributed by atoms with Gasteiger partial charge in [-0.05, 0) is 40.2 Å². The first kappa shape index (κ1) is 14.2. The molecule has 0 aliphatic carbocycles. The third-order valence-corrected chi connectivity index (χ3v) is 2.02. The third-order valence-electron chi connectivity index (χ3n) is 2.02. The van der Waals surface area contributed by atoms with Crippen molar-refractivity contribution in [3.8, 4) is 0 Å². The molecular weight excluding hydrogens is 192 g/mol. The van der Waals surface area contributed by atoms with Crippen molar-refractivity contribution in [3.63, 3.8) is 0 Å². The molecule has 1 unspecified atom stereocenters. The summed E-state index contributed by atoms with van der Waals surface area (Å²) in [4.78, 5) is 11.4. The second-order valence-corrected chi connectivity index (χ2v) is 4.69. The Balaban J connectivity index is 0.00000196. The van der Waals surface area contributed by atoms with Crippen LogP contribution in [0.15, 0.2) is 0 Å². The number of rotatable bonds is 1. The van der Waals surface area contributed by atoms with Crippen molar-refractivity contribution >= 4 is 6.09 Å². The van der Waals surface area contributed by atoms with Gasteiger partial charge >= 0.3 is 6.09 Å². The van der Waals surface area contributed by atoms with E-state index in [1.54, 1.807) is 0 Å². The highest BCUT2D eigenvalue weighted by Crippen LogP contribution is 2.08. The van der Waals surface area contributed by atoms with Gasteiger partial charge in [0.2, 0.25) is 0 Å². The summed E-state index contributed by atoms with van der Waals surface area (Å²) in [5.74, 6) is 0. The van der Waals surface area contributed by atoms with Gasteiger partial charge in [-0.1, -0.05) is 7.43 Å². The summed E-state index contributed by atoms with van der Waals surface area (Å²) in [5, 5.41) is 6.08. The van der Waals surface area contributed by atoms with Crippen LogP contribution in [0.2, 0.25) is 0 Å². The average molecular weight is 216 g/mol. The van der Waals surface area contributed by atoms with Crippen molar-refractivity contribution in [2.24, 2.45) is 0 Å². The summed E-state index contributed by atoms with van der Waals surface area (Å²) < 4.78 is 5.16. The number of ether oxygens (including phenoxy) is 1. The number of piperidine rings is 1. The summed E-state index contributed by atoms with van der Waals surface area (Å²) in [5.41, 5.74) is -0.411. The summed E-state index contributed by atoms with van der Waals surface area (Å²) in [7, 11) is 0. The van der Waals surface area contributed by atoms with Crippen molar-refractivity contribution in [2.75, 3.05) is 13.1 Å². The largest absolute Gasteiger partial charge is 0.444 e. The van der Waals surface area contributed by atoms with Crippen molar-refractivity contribution in [1.82, 2.24) is 10.6 Å². The lowest BCUT2D eigenvalue weighted by molar-refractivity contribution is 0.0497. The van der Waals surface area contributed by atoms with E-state index >= 15 is 0 Å². The molecule has 1 fully saturated rings. The Bertz CT molecular complexity index is 193. The van der Waals surface area contributed by atoms with E-state index in [1.165, 1.54) is 0 Å². The summed E-state index contributed by atoms with van der Waals surface area (Å²) >= 11 is 0. The van der Waals surface area contributed by atoms with Crippen LogP contribution in [0, 0.1) is 0 Å². The lowest BCUT2D eigenvalue weighted by Gasteiger charge is -2.26. The average Bonchev–Trinajstić information content (AvgIpc) is 2.02. The minimum absolute atomic E-state index is 0. The SMILES string of the molecule is C.CC(C)(C)OC(=O)NC1CCCNC1. The molecule has 1 saturated heterocycles. The van der Waals surface area contributed by atoms with Crippen LogP contribution in [-0.2, 0) is 4.74 Å². The molecule has 0 aromatic carbocycles. The number of alkyl carbamates (subject to hydrolysis) is 1. The second kappa shape index (κ2) is 5.95.